The number of para-hydroxylation sites is 1. The predicted octanol–water partition coefficient (Wildman–Crippen LogP) is 3.62. The van der Waals surface area contributed by atoms with E-state index in [4.69, 9.17) is 4.74 Å². The number of hydrogen-bond donors (Lipinski definition) is 2. The number of hydrogen-bond acceptors (Lipinski definition) is 3. The van der Waals surface area contributed by atoms with Crippen molar-refractivity contribution in [3.8, 4) is 5.75 Å². The van der Waals surface area contributed by atoms with Crippen LogP contribution in [0, 0.1) is 0 Å². The van der Waals surface area contributed by atoms with Crippen molar-refractivity contribution in [3.63, 3.8) is 0 Å². The zero-order chi connectivity index (χ0) is 22.3. The molecule has 1 aliphatic rings. The second-order valence-corrected chi connectivity index (χ2v) is 7.11. The summed E-state index contributed by atoms with van der Waals surface area (Å²) < 4.78 is 42.2. The molecule has 9 heteroatoms. The molecule has 1 fully saturated rings. The lowest BCUT2D eigenvalue weighted by molar-refractivity contribution is -0.153. The van der Waals surface area contributed by atoms with Gasteiger partial charge in [-0.25, -0.2) is 0 Å². The molecular weight excluding hydrogens is 409 g/mol. The van der Waals surface area contributed by atoms with Crippen molar-refractivity contribution in [2.24, 2.45) is 4.99 Å². The standard InChI is InChI=1S/C22H25F3N4O2/c1-26-21(28-14-17-5-2-3-6-19(17)31-15-22(23,24)25)27-13-16-8-10-18(11-9-16)29-12-4-7-20(29)30/h2-3,5-6,8-11H,4,7,12-15H2,1H3,(H2,26,27,28). The Morgan fingerprint density at radius 1 is 1.10 bits per heavy atom. The summed E-state index contributed by atoms with van der Waals surface area (Å²) in [5.74, 6) is 0.828. The number of carbonyl (C=O) groups is 1. The molecule has 1 aliphatic heterocycles. The van der Waals surface area contributed by atoms with Gasteiger partial charge in [-0.1, -0.05) is 30.3 Å². The van der Waals surface area contributed by atoms with Crippen LogP contribution in [-0.2, 0) is 17.9 Å². The number of rotatable bonds is 7. The fourth-order valence-electron chi connectivity index (χ4n) is 3.25. The van der Waals surface area contributed by atoms with E-state index in [1.807, 2.05) is 24.3 Å². The summed E-state index contributed by atoms with van der Waals surface area (Å²) >= 11 is 0. The Balaban J connectivity index is 1.52. The minimum Gasteiger partial charge on any atom is -0.484 e. The van der Waals surface area contributed by atoms with Gasteiger partial charge >= 0.3 is 6.18 Å². The van der Waals surface area contributed by atoms with Crippen molar-refractivity contribution in [2.75, 3.05) is 25.1 Å². The van der Waals surface area contributed by atoms with Crippen LogP contribution in [0.1, 0.15) is 24.0 Å². The van der Waals surface area contributed by atoms with Crippen LogP contribution in [0.2, 0.25) is 0 Å². The molecule has 0 atom stereocenters. The van der Waals surface area contributed by atoms with Gasteiger partial charge in [-0.05, 0) is 30.2 Å². The molecule has 6 nitrogen and oxygen atoms in total. The fourth-order valence-corrected chi connectivity index (χ4v) is 3.25. The molecule has 1 amide bonds. The zero-order valence-electron chi connectivity index (χ0n) is 17.2. The number of ether oxygens (including phenoxy) is 1. The Kier molecular flexibility index (Phi) is 7.38. The molecule has 0 aliphatic carbocycles. The molecule has 2 aromatic rings. The largest absolute Gasteiger partial charge is 0.484 e. The van der Waals surface area contributed by atoms with Gasteiger partial charge in [0.15, 0.2) is 12.6 Å². The van der Waals surface area contributed by atoms with Crippen molar-refractivity contribution in [3.05, 3.63) is 59.7 Å². The van der Waals surface area contributed by atoms with Crippen molar-refractivity contribution in [2.45, 2.75) is 32.1 Å². The van der Waals surface area contributed by atoms with E-state index >= 15 is 0 Å². The van der Waals surface area contributed by atoms with E-state index in [9.17, 15) is 18.0 Å². The number of amides is 1. The number of nitrogens with one attached hydrogen (secondary N) is 2. The smallest absolute Gasteiger partial charge is 0.422 e. The maximum Gasteiger partial charge on any atom is 0.422 e. The molecule has 3 rings (SSSR count). The number of benzene rings is 2. The molecule has 2 N–H and O–H groups in total. The van der Waals surface area contributed by atoms with Gasteiger partial charge in [-0.2, -0.15) is 13.2 Å². The van der Waals surface area contributed by atoms with Crippen LogP contribution in [0.3, 0.4) is 0 Å². The van der Waals surface area contributed by atoms with E-state index in [-0.39, 0.29) is 18.2 Å². The van der Waals surface area contributed by atoms with Gasteiger partial charge < -0.3 is 20.3 Å². The summed E-state index contributed by atoms with van der Waals surface area (Å²) in [5.41, 5.74) is 2.49. The van der Waals surface area contributed by atoms with Crippen molar-refractivity contribution in [1.29, 1.82) is 0 Å². The van der Waals surface area contributed by atoms with Crippen LogP contribution in [0.5, 0.6) is 5.75 Å². The molecule has 1 heterocycles. The number of alkyl halides is 3. The molecule has 0 unspecified atom stereocenters. The summed E-state index contributed by atoms with van der Waals surface area (Å²) in [5, 5.41) is 6.25. The highest BCUT2D eigenvalue weighted by atomic mass is 19.4. The van der Waals surface area contributed by atoms with E-state index in [1.54, 1.807) is 30.1 Å². The summed E-state index contributed by atoms with van der Waals surface area (Å²) in [6.45, 7) is 0.168. The van der Waals surface area contributed by atoms with Crippen molar-refractivity contribution < 1.29 is 22.7 Å². The Bertz CT molecular complexity index is 914. The first-order valence-electron chi connectivity index (χ1n) is 9.97. The van der Waals surface area contributed by atoms with Crippen LogP contribution in [0.15, 0.2) is 53.5 Å². The normalized spacial score (nSPS) is 14.6. The van der Waals surface area contributed by atoms with Crippen LogP contribution < -0.4 is 20.3 Å². The van der Waals surface area contributed by atoms with Gasteiger partial charge in [0, 0.05) is 44.4 Å². The highest BCUT2D eigenvalue weighted by Crippen LogP contribution is 2.23. The molecule has 0 radical (unpaired) electrons. The minimum atomic E-state index is -4.39. The Hall–Kier alpha value is -3.23. The van der Waals surface area contributed by atoms with Gasteiger partial charge in [0.1, 0.15) is 5.75 Å². The second kappa shape index (κ2) is 10.2. The van der Waals surface area contributed by atoms with Gasteiger partial charge in [-0.3, -0.25) is 9.79 Å². The number of aliphatic imine (C=N–C) groups is 1. The summed E-state index contributed by atoms with van der Waals surface area (Å²) in [6.07, 6.45) is -2.92. The third-order valence-corrected chi connectivity index (χ3v) is 4.82. The molecule has 1 saturated heterocycles. The van der Waals surface area contributed by atoms with Crippen molar-refractivity contribution in [1.82, 2.24) is 10.6 Å². The monoisotopic (exact) mass is 434 g/mol. The van der Waals surface area contributed by atoms with E-state index in [1.165, 1.54) is 6.07 Å². The molecule has 0 bridgehead atoms. The van der Waals surface area contributed by atoms with Crippen LogP contribution in [0.25, 0.3) is 0 Å². The molecule has 0 aromatic heterocycles. The summed E-state index contributed by atoms with van der Waals surface area (Å²) in [7, 11) is 1.61. The van der Waals surface area contributed by atoms with Crippen LogP contribution in [0.4, 0.5) is 18.9 Å². The van der Waals surface area contributed by atoms with E-state index in [0.29, 0.717) is 24.5 Å². The van der Waals surface area contributed by atoms with Crippen LogP contribution >= 0.6 is 0 Å². The second-order valence-electron chi connectivity index (χ2n) is 7.11. The number of guanidine groups is 1. The highest BCUT2D eigenvalue weighted by Gasteiger charge is 2.28. The average Bonchev–Trinajstić information content (AvgIpc) is 3.18. The fraction of sp³-hybridized carbons (Fsp3) is 0.364. The van der Waals surface area contributed by atoms with E-state index < -0.39 is 12.8 Å². The Morgan fingerprint density at radius 2 is 1.81 bits per heavy atom. The number of halogens is 3. The molecular formula is C22H25F3N4O2. The van der Waals surface area contributed by atoms with Gasteiger partial charge in [0.2, 0.25) is 5.91 Å². The lowest BCUT2D eigenvalue weighted by Crippen LogP contribution is -2.36. The predicted molar refractivity (Wildman–Crippen MR) is 113 cm³/mol. The first kappa shape index (κ1) is 22.5. The lowest BCUT2D eigenvalue weighted by Gasteiger charge is -2.17. The highest BCUT2D eigenvalue weighted by molar-refractivity contribution is 5.95. The first-order valence-corrected chi connectivity index (χ1v) is 9.97. The minimum absolute atomic E-state index is 0.148. The lowest BCUT2D eigenvalue weighted by atomic mass is 10.2. The summed E-state index contributed by atoms with van der Waals surface area (Å²) in [4.78, 5) is 17.8. The number of anilines is 1. The third kappa shape index (κ3) is 6.63. The molecule has 0 spiro atoms. The third-order valence-electron chi connectivity index (χ3n) is 4.82. The molecule has 31 heavy (non-hydrogen) atoms. The van der Waals surface area contributed by atoms with E-state index in [2.05, 4.69) is 15.6 Å². The van der Waals surface area contributed by atoms with Crippen LogP contribution in [-0.4, -0.2) is 38.2 Å². The van der Waals surface area contributed by atoms with E-state index in [0.717, 1.165) is 24.2 Å². The quantitative estimate of drug-likeness (QED) is 0.516. The van der Waals surface area contributed by atoms with Gasteiger partial charge in [0.25, 0.3) is 0 Å². The zero-order valence-corrected chi connectivity index (χ0v) is 17.2. The maximum atomic E-state index is 12.4. The topological polar surface area (TPSA) is 66.0 Å². The van der Waals surface area contributed by atoms with Crippen molar-refractivity contribution >= 4 is 17.6 Å². The van der Waals surface area contributed by atoms with Gasteiger partial charge in [0.05, 0.1) is 0 Å². The number of carbonyl (C=O) groups excluding carboxylic acids is 1. The molecule has 166 valence electrons. The maximum absolute atomic E-state index is 12.4. The molecule has 2 aromatic carbocycles. The van der Waals surface area contributed by atoms with Gasteiger partial charge in [-0.15, -0.1) is 0 Å². The SMILES string of the molecule is CN=C(NCc1ccc(N2CCCC2=O)cc1)NCc1ccccc1OCC(F)(F)F. The Morgan fingerprint density at radius 3 is 2.45 bits per heavy atom. The average molecular weight is 434 g/mol. The first-order chi connectivity index (χ1) is 14.9. The Labute approximate surface area is 179 Å². The summed E-state index contributed by atoms with van der Waals surface area (Å²) in [6, 6.07) is 14.3. The number of nitrogens with zero attached hydrogens (tertiary/aromatic N) is 2. The molecule has 0 saturated carbocycles.